The van der Waals surface area contributed by atoms with Crippen molar-refractivity contribution in [1.29, 1.82) is 0 Å². The smallest absolute Gasteiger partial charge is 0.363 e. The van der Waals surface area contributed by atoms with Gasteiger partial charge >= 0.3 is 5.97 Å². The highest BCUT2D eigenvalue weighted by Gasteiger charge is 2.24. The van der Waals surface area contributed by atoms with Gasteiger partial charge in [-0.25, -0.2) is 9.79 Å². The molecule has 0 amide bonds. The van der Waals surface area contributed by atoms with E-state index in [1.54, 1.807) is 24.3 Å². The van der Waals surface area contributed by atoms with Gasteiger partial charge in [0.2, 0.25) is 5.90 Å². The molecule has 1 aliphatic heterocycles. The zero-order valence-corrected chi connectivity index (χ0v) is 19.6. The van der Waals surface area contributed by atoms with Crippen LogP contribution in [-0.4, -0.2) is 18.5 Å². The number of rotatable bonds is 7. The minimum absolute atomic E-state index is 0.193. The van der Waals surface area contributed by atoms with Crippen LogP contribution in [0.1, 0.15) is 29.2 Å². The van der Waals surface area contributed by atoms with E-state index in [4.69, 9.17) is 37.4 Å². The normalized spacial score (nSPS) is 14.2. The molecule has 5 nitrogen and oxygen atoms in total. The molecule has 0 bridgehead atoms. The number of esters is 1. The highest BCUT2D eigenvalue weighted by molar-refractivity contribution is 6.32. The molecule has 0 saturated heterocycles. The summed E-state index contributed by atoms with van der Waals surface area (Å²) >= 11 is 12.1. The van der Waals surface area contributed by atoms with Crippen molar-refractivity contribution in [2.75, 3.05) is 6.61 Å². The van der Waals surface area contributed by atoms with E-state index in [0.717, 1.165) is 16.7 Å². The summed E-state index contributed by atoms with van der Waals surface area (Å²) in [5.74, 6) is 0.868. The number of carbonyl (C=O) groups is 1. The molecule has 0 atom stereocenters. The molecule has 7 heteroatoms. The predicted octanol–water partition coefficient (Wildman–Crippen LogP) is 6.62. The molecule has 4 rings (SSSR count). The number of nitrogens with zero attached hydrogens (tertiary/aromatic N) is 1. The first kappa shape index (κ1) is 22.9. The lowest BCUT2D eigenvalue weighted by atomic mass is 10.1. The van der Waals surface area contributed by atoms with Crippen molar-refractivity contribution in [3.05, 3.63) is 98.7 Å². The van der Waals surface area contributed by atoms with Gasteiger partial charge in [0.1, 0.15) is 6.61 Å². The lowest BCUT2D eigenvalue weighted by molar-refractivity contribution is -0.129. The molecule has 0 radical (unpaired) electrons. The molecule has 33 heavy (non-hydrogen) atoms. The molecule has 0 unspecified atom stereocenters. The third-order valence-corrected chi connectivity index (χ3v) is 5.58. The number of aryl methyl sites for hydroxylation is 1. The molecular formula is C26H21Cl2NO4. The standard InChI is InChI=1S/C26H21Cl2NO4/c1-3-31-24-13-18(7-11-23(24)32-15-17-5-9-20(27)10-6-17)12-22-26(30)33-25(29-22)19-8-4-16(2)21(28)14-19/h4-14H,3,15H2,1-2H3/b22-12-. The number of aliphatic imine (C=N–C) groups is 1. The van der Waals surface area contributed by atoms with E-state index in [-0.39, 0.29) is 11.6 Å². The highest BCUT2D eigenvalue weighted by Crippen LogP contribution is 2.31. The second-order valence-electron chi connectivity index (χ2n) is 7.35. The largest absolute Gasteiger partial charge is 0.490 e. The Bertz CT molecular complexity index is 1250. The first-order chi connectivity index (χ1) is 15.9. The molecule has 1 heterocycles. The molecular weight excluding hydrogens is 461 g/mol. The molecule has 0 fully saturated rings. The lowest BCUT2D eigenvalue weighted by Gasteiger charge is -2.13. The fourth-order valence-electron chi connectivity index (χ4n) is 3.16. The Morgan fingerprint density at radius 1 is 0.970 bits per heavy atom. The zero-order valence-electron chi connectivity index (χ0n) is 18.1. The molecule has 3 aromatic rings. The van der Waals surface area contributed by atoms with Crippen LogP contribution >= 0.6 is 23.2 Å². The van der Waals surface area contributed by atoms with E-state index in [1.165, 1.54) is 0 Å². The van der Waals surface area contributed by atoms with Crippen LogP contribution in [0.2, 0.25) is 10.0 Å². The molecule has 0 aromatic heterocycles. The summed E-state index contributed by atoms with van der Waals surface area (Å²) in [5, 5.41) is 1.26. The van der Waals surface area contributed by atoms with Crippen LogP contribution in [0.15, 0.2) is 71.4 Å². The molecule has 168 valence electrons. The maximum absolute atomic E-state index is 12.4. The Morgan fingerprint density at radius 3 is 2.48 bits per heavy atom. The Labute approximate surface area is 202 Å². The van der Waals surface area contributed by atoms with Crippen molar-refractivity contribution >= 4 is 41.1 Å². The van der Waals surface area contributed by atoms with Gasteiger partial charge in [-0.3, -0.25) is 0 Å². The quantitative estimate of drug-likeness (QED) is 0.280. The van der Waals surface area contributed by atoms with Crippen LogP contribution < -0.4 is 9.47 Å². The van der Waals surface area contributed by atoms with Crippen LogP contribution in [0.25, 0.3) is 6.08 Å². The Morgan fingerprint density at radius 2 is 1.76 bits per heavy atom. The van der Waals surface area contributed by atoms with Crippen molar-refractivity contribution < 1.29 is 19.0 Å². The van der Waals surface area contributed by atoms with E-state index in [2.05, 4.69) is 4.99 Å². The van der Waals surface area contributed by atoms with E-state index in [1.807, 2.05) is 56.3 Å². The second-order valence-corrected chi connectivity index (χ2v) is 8.20. The number of cyclic esters (lactones) is 1. The summed E-state index contributed by atoms with van der Waals surface area (Å²) in [6.45, 7) is 4.64. The van der Waals surface area contributed by atoms with E-state index in [0.29, 0.717) is 40.3 Å². The van der Waals surface area contributed by atoms with Gasteiger partial charge in [0.05, 0.1) is 6.61 Å². The second kappa shape index (κ2) is 10.1. The summed E-state index contributed by atoms with van der Waals surface area (Å²) in [4.78, 5) is 16.7. The fraction of sp³-hybridized carbons (Fsp3) is 0.154. The van der Waals surface area contributed by atoms with Crippen molar-refractivity contribution in [3.8, 4) is 11.5 Å². The lowest BCUT2D eigenvalue weighted by Crippen LogP contribution is -2.05. The van der Waals surface area contributed by atoms with Crippen LogP contribution in [-0.2, 0) is 16.1 Å². The van der Waals surface area contributed by atoms with Crippen molar-refractivity contribution in [2.45, 2.75) is 20.5 Å². The predicted molar refractivity (Wildman–Crippen MR) is 130 cm³/mol. The molecule has 0 aliphatic carbocycles. The van der Waals surface area contributed by atoms with Gasteiger partial charge < -0.3 is 14.2 Å². The van der Waals surface area contributed by atoms with Gasteiger partial charge in [0, 0.05) is 15.6 Å². The van der Waals surface area contributed by atoms with Crippen molar-refractivity contribution in [3.63, 3.8) is 0 Å². The number of hydrogen-bond donors (Lipinski definition) is 0. The number of halogens is 2. The Hall–Kier alpha value is -3.28. The number of benzene rings is 3. The molecule has 0 spiro atoms. The minimum atomic E-state index is -0.525. The first-order valence-electron chi connectivity index (χ1n) is 10.4. The first-order valence-corrected chi connectivity index (χ1v) is 11.1. The minimum Gasteiger partial charge on any atom is -0.490 e. The molecule has 0 N–H and O–H groups in total. The third-order valence-electron chi connectivity index (χ3n) is 4.92. The summed E-state index contributed by atoms with van der Waals surface area (Å²) in [6.07, 6.45) is 1.65. The zero-order chi connectivity index (χ0) is 23.4. The van der Waals surface area contributed by atoms with Crippen LogP contribution in [0.5, 0.6) is 11.5 Å². The maximum atomic E-state index is 12.4. The van der Waals surface area contributed by atoms with Crippen LogP contribution in [0.4, 0.5) is 0 Å². The van der Waals surface area contributed by atoms with Gasteiger partial charge in [0.25, 0.3) is 0 Å². The average molecular weight is 482 g/mol. The molecule has 1 aliphatic rings. The molecule has 3 aromatic carbocycles. The van der Waals surface area contributed by atoms with E-state index in [9.17, 15) is 4.79 Å². The van der Waals surface area contributed by atoms with E-state index < -0.39 is 5.97 Å². The Kier molecular flexibility index (Phi) is 7.02. The van der Waals surface area contributed by atoms with Gasteiger partial charge in [-0.15, -0.1) is 0 Å². The SMILES string of the molecule is CCOc1cc(/C=C2\N=C(c3ccc(C)c(Cl)c3)OC2=O)ccc1OCc1ccc(Cl)cc1. The van der Waals surface area contributed by atoms with Gasteiger partial charge in [0.15, 0.2) is 17.2 Å². The van der Waals surface area contributed by atoms with Crippen molar-refractivity contribution in [2.24, 2.45) is 4.99 Å². The summed E-state index contributed by atoms with van der Waals surface area (Å²) in [5.41, 5.74) is 3.49. The maximum Gasteiger partial charge on any atom is 0.363 e. The average Bonchev–Trinajstić information content (AvgIpc) is 3.16. The summed E-state index contributed by atoms with van der Waals surface area (Å²) in [6, 6.07) is 18.3. The monoisotopic (exact) mass is 481 g/mol. The van der Waals surface area contributed by atoms with Crippen LogP contribution in [0, 0.1) is 6.92 Å². The van der Waals surface area contributed by atoms with Crippen LogP contribution in [0.3, 0.4) is 0 Å². The van der Waals surface area contributed by atoms with Gasteiger partial charge in [-0.1, -0.05) is 47.5 Å². The topological polar surface area (TPSA) is 57.1 Å². The molecule has 0 saturated carbocycles. The van der Waals surface area contributed by atoms with Crippen molar-refractivity contribution in [1.82, 2.24) is 0 Å². The number of carbonyl (C=O) groups excluding carboxylic acids is 1. The summed E-state index contributed by atoms with van der Waals surface area (Å²) in [7, 11) is 0. The van der Waals surface area contributed by atoms with E-state index >= 15 is 0 Å². The number of hydrogen-bond acceptors (Lipinski definition) is 5. The Balaban J connectivity index is 1.56. The summed E-state index contributed by atoms with van der Waals surface area (Å²) < 4.78 is 17.0. The fourth-order valence-corrected chi connectivity index (χ4v) is 3.47. The number of ether oxygens (including phenoxy) is 3. The highest BCUT2D eigenvalue weighted by atomic mass is 35.5. The van der Waals surface area contributed by atoms with Gasteiger partial charge in [-0.05, 0) is 73.0 Å². The third kappa shape index (κ3) is 5.56. The van der Waals surface area contributed by atoms with Gasteiger partial charge in [-0.2, -0.15) is 0 Å².